The van der Waals surface area contributed by atoms with Crippen LogP contribution < -0.4 is 5.48 Å². The van der Waals surface area contributed by atoms with Crippen molar-refractivity contribution in [1.29, 1.82) is 0 Å². The number of aliphatic hydroxyl groups is 1. The molecule has 0 spiro atoms. The van der Waals surface area contributed by atoms with Crippen molar-refractivity contribution in [3.8, 4) is 0 Å². The number of fused-ring (bicyclic) bond motifs is 1. The van der Waals surface area contributed by atoms with E-state index in [2.05, 4.69) is 5.48 Å². The van der Waals surface area contributed by atoms with Gasteiger partial charge in [0.2, 0.25) is 0 Å². The van der Waals surface area contributed by atoms with Gasteiger partial charge in [0.1, 0.15) is 18.5 Å². The van der Waals surface area contributed by atoms with Crippen LogP contribution in [0.3, 0.4) is 0 Å². The monoisotopic (exact) mass is 277 g/mol. The summed E-state index contributed by atoms with van der Waals surface area (Å²) in [4.78, 5) is 17.0. The Morgan fingerprint density at radius 1 is 1.45 bits per heavy atom. The van der Waals surface area contributed by atoms with E-state index in [0.29, 0.717) is 11.1 Å². The van der Waals surface area contributed by atoms with Gasteiger partial charge in [0.25, 0.3) is 5.91 Å². The highest BCUT2D eigenvalue weighted by atomic mass is 16.7. The molecule has 5 heteroatoms. The molecule has 0 fully saturated rings. The molecule has 0 aliphatic rings. The number of furan rings is 1. The number of hydrogen-bond donors (Lipinski definition) is 2. The quantitative estimate of drug-likeness (QED) is 0.823. The Morgan fingerprint density at radius 3 is 2.85 bits per heavy atom. The fourth-order valence-electron chi connectivity index (χ4n) is 1.81. The fraction of sp³-hybridized carbons (Fsp3) is 0.400. The van der Waals surface area contributed by atoms with Crippen LogP contribution in [0.25, 0.3) is 11.0 Å². The van der Waals surface area contributed by atoms with Gasteiger partial charge >= 0.3 is 0 Å². The number of nitrogens with one attached hydrogen (secondary N) is 1. The lowest BCUT2D eigenvalue weighted by molar-refractivity contribution is -0.0522. The van der Waals surface area contributed by atoms with Gasteiger partial charge < -0.3 is 9.52 Å². The van der Waals surface area contributed by atoms with E-state index >= 15 is 0 Å². The van der Waals surface area contributed by atoms with E-state index in [-0.39, 0.29) is 12.5 Å². The van der Waals surface area contributed by atoms with Crippen LogP contribution in [0.2, 0.25) is 0 Å². The third-order valence-corrected chi connectivity index (χ3v) is 2.88. The number of amides is 1. The number of carbonyl (C=O) groups excluding carboxylic acids is 1. The molecule has 2 aromatic rings. The molecule has 0 saturated carbocycles. The molecule has 1 aromatic heterocycles. The minimum Gasteiger partial charge on any atom is -0.463 e. The minimum atomic E-state index is -0.999. The average molecular weight is 277 g/mol. The first-order valence-corrected chi connectivity index (χ1v) is 6.55. The second-order valence-electron chi connectivity index (χ2n) is 5.37. The maximum absolute atomic E-state index is 12.0. The third kappa shape index (κ3) is 3.37. The topological polar surface area (TPSA) is 71.7 Å². The van der Waals surface area contributed by atoms with Crippen LogP contribution in [0.1, 0.15) is 36.7 Å². The molecular weight excluding hydrogens is 258 g/mol. The molecule has 108 valence electrons. The summed E-state index contributed by atoms with van der Waals surface area (Å²) in [6, 6.07) is 5.75. The zero-order valence-electron chi connectivity index (χ0n) is 11.9. The summed E-state index contributed by atoms with van der Waals surface area (Å²) >= 11 is 0. The highest BCUT2D eigenvalue weighted by Gasteiger charge is 2.17. The maximum Gasteiger partial charge on any atom is 0.278 e. The van der Waals surface area contributed by atoms with Crippen molar-refractivity contribution in [3.05, 3.63) is 35.6 Å². The Bertz CT molecular complexity index is 610. The molecule has 0 bridgehead atoms. The number of rotatable bonds is 5. The standard InChI is InChI=1S/C15H19NO4/c1-4-10-5-6-13-11(7-10)12(8-19-13)14(17)16-20-9-15(2,3)18/h5-8,18H,4,9H2,1-3H3,(H,16,17). The van der Waals surface area contributed by atoms with Gasteiger partial charge in [0.15, 0.2) is 0 Å². The molecule has 0 aliphatic carbocycles. The number of hydrogen-bond acceptors (Lipinski definition) is 4. The molecule has 20 heavy (non-hydrogen) atoms. The second kappa shape index (κ2) is 5.64. The van der Waals surface area contributed by atoms with Crippen LogP contribution >= 0.6 is 0 Å². The van der Waals surface area contributed by atoms with Crippen molar-refractivity contribution in [2.45, 2.75) is 32.8 Å². The normalized spacial score (nSPS) is 11.8. The van der Waals surface area contributed by atoms with Crippen LogP contribution in [0.15, 0.2) is 28.9 Å². The van der Waals surface area contributed by atoms with E-state index in [1.807, 2.05) is 25.1 Å². The van der Waals surface area contributed by atoms with Crippen molar-refractivity contribution in [3.63, 3.8) is 0 Å². The molecule has 0 unspecified atom stereocenters. The molecule has 1 amide bonds. The Labute approximate surface area is 117 Å². The predicted octanol–water partition coefficient (Wildman–Crippen LogP) is 2.43. The lowest BCUT2D eigenvalue weighted by Gasteiger charge is -2.16. The molecule has 0 atom stereocenters. The van der Waals surface area contributed by atoms with Crippen LogP contribution in [0.5, 0.6) is 0 Å². The van der Waals surface area contributed by atoms with E-state index < -0.39 is 5.60 Å². The van der Waals surface area contributed by atoms with Crippen LogP contribution in [-0.2, 0) is 11.3 Å². The first-order valence-electron chi connectivity index (χ1n) is 6.55. The fourth-order valence-corrected chi connectivity index (χ4v) is 1.81. The largest absolute Gasteiger partial charge is 0.463 e. The van der Waals surface area contributed by atoms with Gasteiger partial charge in [-0.05, 0) is 38.0 Å². The highest BCUT2D eigenvalue weighted by Crippen LogP contribution is 2.22. The Balaban J connectivity index is 2.13. The summed E-state index contributed by atoms with van der Waals surface area (Å²) < 4.78 is 5.35. The van der Waals surface area contributed by atoms with Crippen molar-refractivity contribution >= 4 is 16.9 Å². The predicted molar refractivity (Wildman–Crippen MR) is 75.3 cm³/mol. The van der Waals surface area contributed by atoms with Crippen LogP contribution in [0, 0.1) is 0 Å². The number of aryl methyl sites for hydroxylation is 1. The number of benzene rings is 1. The van der Waals surface area contributed by atoms with E-state index in [9.17, 15) is 9.90 Å². The van der Waals surface area contributed by atoms with Gasteiger partial charge in [-0.15, -0.1) is 0 Å². The summed E-state index contributed by atoms with van der Waals surface area (Å²) in [5.74, 6) is -0.388. The minimum absolute atomic E-state index is 0.00866. The first-order chi connectivity index (χ1) is 9.40. The molecular formula is C15H19NO4. The van der Waals surface area contributed by atoms with E-state index in [1.54, 1.807) is 13.8 Å². The van der Waals surface area contributed by atoms with Gasteiger partial charge in [-0.1, -0.05) is 13.0 Å². The third-order valence-electron chi connectivity index (χ3n) is 2.88. The van der Waals surface area contributed by atoms with Crippen LogP contribution in [0.4, 0.5) is 0 Å². The number of carbonyl (C=O) groups is 1. The molecule has 0 aliphatic heterocycles. The molecule has 0 saturated heterocycles. The summed E-state index contributed by atoms with van der Waals surface area (Å²) in [7, 11) is 0. The maximum atomic E-state index is 12.0. The van der Waals surface area contributed by atoms with Crippen molar-refractivity contribution in [2.75, 3.05) is 6.61 Å². The first kappa shape index (κ1) is 14.6. The highest BCUT2D eigenvalue weighted by molar-refractivity contribution is 6.05. The molecule has 2 rings (SSSR count). The van der Waals surface area contributed by atoms with Gasteiger partial charge in [0.05, 0.1) is 11.2 Å². The Kier molecular flexibility index (Phi) is 4.11. The summed E-state index contributed by atoms with van der Waals surface area (Å²) in [5.41, 5.74) is 3.53. The van der Waals surface area contributed by atoms with Crippen molar-refractivity contribution in [1.82, 2.24) is 5.48 Å². The molecule has 1 heterocycles. The van der Waals surface area contributed by atoms with Crippen LogP contribution in [-0.4, -0.2) is 23.2 Å². The zero-order valence-corrected chi connectivity index (χ0v) is 11.9. The van der Waals surface area contributed by atoms with E-state index in [0.717, 1.165) is 17.4 Å². The second-order valence-corrected chi connectivity index (χ2v) is 5.37. The van der Waals surface area contributed by atoms with Gasteiger partial charge in [0, 0.05) is 5.39 Å². The zero-order chi connectivity index (χ0) is 14.8. The summed E-state index contributed by atoms with van der Waals surface area (Å²) in [5, 5.41) is 10.3. The molecule has 5 nitrogen and oxygen atoms in total. The molecule has 2 N–H and O–H groups in total. The Morgan fingerprint density at radius 2 is 2.20 bits per heavy atom. The van der Waals surface area contributed by atoms with Gasteiger partial charge in [-0.3, -0.25) is 9.63 Å². The van der Waals surface area contributed by atoms with Crippen molar-refractivity contribution < 1.29 is 19.2 Å². The summed E-state index contributed by atoms with van der Waals surface area (Å²) in [6.45, 7) is 5.25. The molecule has 1 aromatic carbocycles. The van der Waals surface area contributed by atoms with Crippen molar-refractivity contribution in [2.24, 2.45) is 0 Å². The SMILES string of the molecule is CCc1ccc2occ(C(=O)NOCC(C)(C)O)c2c1. The summed E-state index contributed by atoms with van der Waals surface area (Å²) in [6.07, 6.45) is 2.30. The number of hydroxylamine groups is 1. The van der Waals surface area contributed by atoms with E-state index in [1.165, 1.54) is 6.26 Å². The lowest BCUT2D eigenvalue weighted by atomic mass is 10.1. The van der Waals surface area contributed by atoms with Gasteiger partial charge in [-0.25, -0.2) is 5.48 Å². The lowest BCUT2D eigenvalue weighted by Crippen LogP contribution is -2.33. The smallest absolute Gasteiger partial charge is 0.278 e. The van der Waals surface area contributed by atoms with Gasteiger partial charge in [-0.2, -0.15) is 0 Å². The average Bonchev–Trinajstić information content (AvgIpc) is 2.79. The van der Waals surface area contributed by atoms with E-state index in [4.69, 9.17) is 9.25 Å². The Hall–Kier alpha value is -1.85. The molecule has 0 radical (unpaired) electrons.